The highest BCUT2D eigenvalue weighted by molar-refractivity contribution is 5.95. The van der Waals surface area contributed by atoms with Crippen LogP contribution in [0.2, 0.25) is 0 Å². The Bertz CT molecular complexity index is 346. The molecule has 0 aromatic rings. The van der Waals surface area contributed by atoms with Gasteiger partial charge in [0.25, 0.3) is 0 Å². The van der Waals surface area contributed by atoms with E-state index in [2.05, 4.69) is 13.2 Å². The van der Waals surface area contributed by atoms with Gasteiger partial charge in [0, 0.05) is 17.6 Å². The Morgan fingerprint density at radius 2 is 1.67 bits per heavy atom. The molecule has 6 heteroatoms. The van der Waals surface area contributed by atoms with Crippen LogP contribution in [0.4, 0.5) is 0 Å². The van der Waals surface area contributed by atoms with E-state index < -0.39 is 11.9 Å². The fraction of sp³-hybridized carbons (Fsp3) is 0.500. The standard InChI is InChI=1S/C12H20N2O3.ClH/c1-9(11(13)15)8-10(2)12(16)17-7-6-14(3,4)5;/h1-2,6-8H2,3-5H3,(H-,13,15);1H. The van der Waals surface area contributed by atoms with E-state index in [1.807, 2.05) is 21.1 Å². The first-order chi connectivity index (χ1) is 7.63. The molecule has 0 unspecified atom stereocenters. The summed E-state index contributed by atoms with van der Waals surface area (Å²) in [5.41, 5.74) is 5.35. The number of likely N-dealkylation sites (N-methyl/N-ethyl adjacent to an activating group) is 1. The van der Waals surface area contributed by atoms with E-state index in [9.17, 15) is 9.59 Å². The van der Waals surface area contributed by atoms with Gasteiger partial charge in [-0.1, -0.05) is 13.2 Å². The predicted octanol–water partition coefficient (Wildman–Crippen LogP) is -2.77. The van der Waals surface area contributed by atoms with E-state index in [4.69, 9.17) is 10.5 Å². The van der Waals surface area contributed by atoms with Crippen molar-refractivity contribution in [3.63, 3.8) is 0 Å². The number of quaternary nitrogens is 1. The van der Waals surface area contributed by atoms with Crippen molar-refractivity contribution in [2.75, 3.05) is 34.3 Å². The number of hydrogen-bond acceptors (Lipinski definition) is 3. The van der Waals surface area contributed by atoms with E-state index in [1.54, 1.807) is 0 Å². The number of nitrogens with two attached hydrogens (primary N) is 1. The molecular weight excluding hydrogens is 256 g/mol. The fourth-order valence-electron chi connectivity index (χ4n) is 0.931. The maximum absolute atomic E-state index is 11.5. The Kier molecular flexibility index (Phi) is 8.34. The molecule has 0 aliphatic carbocycles. The minimum atomic E-state index is -0.634. The van der Waals surface area contributed by atoms with Gasteiger partial charge in [-0.25, -0.2) is 4.79 Å². The average Bonchev–Trinajstić information content (AvgIpc) is 2.15. The molecule has 0 aromatic carbocycles. The molecule has 0 heterocycles. The van der Waals surface area contributed by atoms with Crippen LogP contribution in [0.3, 0.4) is 0 Å². The smallest absolute Gasteiger partial charge is 0.333 e. The molecule has 18 heavy (non-hydrogen) atoms. The molecule has 0 aromatic heterocycles. The Morgan fingerprint density at radius 3 is 2.06 bits per heavy atom. The summed E-state index contributed by atoms with van der Waals surface area (Å²) >= 11 is 0. The van der Waals surface area contributed by atoms with Crippen LogP contribution in [-0.2, 0) is 14.3 Å². The van der Waals surface area contributed by atoms with Gasteiger partial charge in [-0.05, 0) is 0 Å². The molecule has 0 fully saturated rings. The van der Waals surface area contributed by atoms with Crippen molar-refractivity contribution in [2.45, 2.75) is 6.42 Å². The Morgan fingerprint density at radius 1 is 1.17 bits per heavy atom. The van der Waals surface area contributed by atoms with Crippen molar-refractivity contribution in [1.29, 1.82) is 0 Å². The number of esters is 1. The van der Waals surface area contributed by atoms with Crippen LogP contribution >= 0.6 is 0 Å². The van der Waals surface area contributed by atoms with Gasteiger partial charge in [-0.15, -0.1) is 0 Å². The third-order valence-corrected chi connectivity index (χ3v) is 2.06. The molecule has 0 spiro atoms. The number of carbonyl (C=O) groups excluding carboxylic acids is 2. The summed E-state index contributed by atoms with van der Waals surface area (Å²) in [5.74, 6) is -1.15. The first-order valence-electron chi connectivity index (χ1n) is 5.26. The number of ether oxygens (including phenoxy) is 1. The van der Waals surface area contributed by atoms with Crippen molar-refractivity contribution in [2.24, 2.45) is 5.73 Å². The first-order valence-corrected chi connectivity index (χ1v) is 5.26. The third kappa shape index (κ3) is 8.78. The van der Waals surface area contributed by atoms with Gasteiger partial charge < -0.3 is 27.4 Å². The molecule has 2 N–H and O–H groups in total. The Hall–Kier alpha value is -1.33. The number of amides is 1. The van der Waals surface area contributed by atoms with Crippen LogP contribution < -0.4 is 18.1 Å². The van der Waals surface area contributed by atoms with Crippen molar-refractivity contribution in [1.82, 2.24) is 0 Å². The molecule has 0 rings (SSSR count). The molecule has 0 radical (unpaired) electrons. The lowest BCUT2D eigenvalue weighted by Crippen LogP contribution is -3.00. The van der Waals surface area contributed by atoms with E-state index >= 15 is 0 Å². The average molecular weight is 277 g/mol. The number of nitrogens with zero attached hydrogens (tertiary/aromatic N) is 1. The molecule has 0 saturated carbocycles. The zero-order valence-electron chi connectivity index (χ0n) is 11.2. The van der Waals surface area contributed by atoms with Gasteiger partial charge in [-0.2, -0.15) is 0 Å². The van der Waals surface area contributed by atoms with Crippen LogP contribution in [0.1, 0.15) is 6.42 Å². The van der Waals surface area contributed by atoms with Gasteiger partial charge in [0.05, 0.1) is 21.1 Å². The van der Waals surface area contributed by atoms with Crippen LogP contribution in [0, 0.1) is 0 Å². The number of halogens is 1. The summed E-state index contributed by atoms with van der Waals surface area (Å²) < 4.78 is 5.72. The molecule has 0 saturated heterocycles. The minimum absolute atomic E-state index is 0. The van der Waals surface area contributed by atoms with Crippen LogP contribution in [0.25, 0.3) is 0 Å². The van der Waals surface area contributed by atoms with Crippen molar-refractivity contribution in [3.05, 3.63) is 24.3 Å². The number of hydrogen-bond donors (Lipinski definition) is 1. The number of primary amides is 1. The molecule has 0 aliphatic heterocycles. The zero-order chi connectivity index (χ0) is 13.6. The van der Waals surface area contributed by atoms with Gasteiger partial charge in [0.2, 0.25) is 5.91 Å². The molecule has 0 bridgehead atoms. The largest absolute Gasteiger partial charge is 1.00 e. The van der Waals surface area contributed by atoms with E-state index in [0.717, 1.165) is 0 Å². The van der Waals surface area contributed by atoms with Gasteiger partial charge in [0.15, 0.2) is 0 Å². The second kappa shape index (κ2) is 7.89. The summed E-state index contributed by atoms with van der Waals surface area (Å²) in [6.07, 6.45) is 0.0541. The summed E-state index contributed by atoms with van der Waals surface area (Å²) in [5, 5.41) is 0. The van der Waals surface area contributed by atoms with Gasteiger partial charge >= 0.3 is 5.97 Å². The molecule has 104 valence electrons. The second-order valence-electron chi connectivity index (χ2n) is 4.90. The summed E-state index contributed by atoms with van der Waals surface area (Å²) in [4.78, 5) is 22.2. The summed E-state index contributed by atoms with van der Waals surface area (Å²) in [6, 6.07) is 0. The molecule has 1 amide bonds. The number of carbonyl (C=O) groups is 2. The lowest BCUT2D eigenvalue weighted by atomic mass is 10.1. The van der Waals surface area contributed by atoms with Crippen molar-refractivity contribution < 1.29 is 31.2 Å². The summed E-state index contributed by atoms with van der Waals surface area (Å²) in [6.45, 7) is 8.01. The monoisotopic (exact) mass is 276 g/mol. The SMILES string of the molecule is C=C(CC(=C)C(=O)OCC[N+](C)(C)C)C(N)=O.[Cl-]. The predicted molar refractivity (Wildman–Crippen MR) is 65.9 cm³/mol. The van der Waals surface area contributed by atoms with E-state index in [-0.39, 0.29) is 30.0 Å². The topological polar surface area (TPSA) is 69.4 Å². The highest BCUT2D eigenvalue weighted by atomic mass is 35.5. The fourth-order valence-corrected chi connectivity index (χ4v) is 0.931. The molecule has 0 aliphatic rings. The summed E-state index contributed by atoms with van der Waals surface area (Å²) in [7, 11) is 5.99. The Labute approximate surface area is 114 Å². The maximum Gasteiger partial charge on any atom is 0.333 e. The molecule has 5 nitrogen and oxygen atoms in total. The highest BCUT2D eigenvalue weighted by Gasteiger charge is 2.14. The second-order valence-corrected chi connectivity index (χ2v) is 4.90. The first kappa shape index (κ1) is 19.0. The quantitative estimate of drug-likeness (QED) is 0.311. The third-order valence-electron chi connectivity index (χ3n) is 2.06. The van der Waals surface area contributed by atoms with Crippen LogP contribution in [-0.4, -0.2) is 50.7 Å². The lowest BCUT2D eigenvalue weighted by Gasteiger charge is -2.23. The van der Waals surface area contributed by atoms with Gasteiger partial charge in [0.1, 0.15) is 13.2 Å². The maximum atomic E-state index is 11.5. The van der Waals surface area contributed by atoms with Gasteiger partial charge in [-0.3, -0.25) is 4.79 Å². The van der Waals surface area contributed by atoms with Crippen LogP contribution in [0.15, 0.2) is 24.3 Å². The zero-order valence-corrected chi connectivity index (χ0v) is 11.9. The van der Waals surface area contributed by atoms with E-state index in [0.29, 0.717) is 17.6 Å². The molecule has 0 atom stereocenters. The number of rotatable bonds is 7. The normalized spacial score (nSPS) is 10.2. The lowest BCUT2D eigenvalue weighted by molar-refractivity contribution is -0.870. The van der Waals surface area contributed by atoms with Crippen LogP contribution in [0.5, 0.6) is 0 Å². The highest BCUT2D eigenvalue weighted by Crippen LogP contribution is 2.08. The van der Waals surface area contributed by atoms with Crippen molar-refractivity contribution >= 4 is 11.9 Å². The van der Waals surface area contributed by atoms with Crippen molar-refractivity contribution in [3.8, 4) is 0 Å². The minimum Gasteiger partial charge on any atom is -1.00 e. The van der Waals surface area contributed by atoms with E-state index in [1.165, 1.54) is 0 Å². The molecular formula is C12H21ClN2O3. The Balaban J connectivity index is 0.